The van der Waals surface area contributed by atoms with Gasteiger partial charge in [-0.2, -0.15) is 0 Å². The fraction of sp³-hybridized carbons (Fsp3) is 0.318. The highest BCUT2D eigenvalue weighted by Crippen LogP contribution is 2.14. The topological polar surface area (TPSA) is 96.5 Å². The SMILES string of the molecule is Cc1ccc(NC(=O)COC(=O)[C@H](NC(=O)Nc2ccccc2)C(C)C)cc1C. The zero-order valence-electron chi connectivity index (χ0n) is 17.1. The smallest absolute Gasteiger partial charge is 0.329 e. The van der Waals surface area contributed by atoms with Gasteiger partial charge in [0.15, 0.2) is 6.61 Å². The number of nitrogens with one attached hydrogen (secondary N) is 3. The summed E-state index contributed by atoms with van der Waals surface area (Å²) in [4.78, 5) is 36.6. The van der Waals surface area contributed by atoms with Gasteiger partial charge in [0.25, 0.3) is 5.91 Å². The number of carbonyl (C=O) groups is 3. The van der Waals surface area contributed by atoms with Gasteiger partial charge >= 0.3 is 12.0 Å². The first kappa shape index (κ1) is 21.9. The second kappa shape index (κ2) is 10.3. The van der Waals surface area contributed by atoms with E-state index in [9.17, 15) is 14.4 Å². The molecule has 0 heterocycles. The number of para-hydroxylation sites is 1. The summed E-state index contributed by atoms with van der Waals surface area (Å²) in [6.07, 6.45) is 0. The van der Waals surface area contributed by atoms with Crippen LogP contribution in [0.1, 0.15) is 25.0 Å². The number of aryl methyl sites for hydroxylation is 2. The highest BCUT2D eigenvalue weighted by Gasteiger charge is 2.26. The number of amides is 3. The predicted molar refractivity (Wildman–Crippen MR) is 113 cm³/mol. The quantitative estimate of drug-likeness (QED) is 0.622. The molecule has 29 heavy (non-hydrogen) atoms. The minimum absolute atomic E-state index is 0.216. The largest absolute Gasteiger partial charge is 0.454 e. The molecule has 2 rings (SSSR count). The summed E-state index contributed by atoms with van der Waals surface area (Å²) >= 11 is 0. The van der Waals surface area contributed by atoms with E-state index in [2.05, 4.69) is 16.0 Å². The van der Waals surface area contributed by atoms with Gasteiger partial charge in [-0.3, -0.25) is 4.79 Å². The molecule has 0 radical (unpaired) electrons. The average Bonchev–Trinajstić information content (AvgIpc) is 2.67. The molecule has 7 heteroatoms. The van der Waals surface area contributed by atoms with Crippen molar-refractivity contribution in [3.05, 3.63) is 59.7 Å². The van der Waals surface area contributed by atoms with Crippen LogP contribution in [0.5, 0.6) is 0 Å². The zero-order valence-corrected chi connectivity index (χ0v) is 17.1. The maximum absolute atomic E-state index is 12.4. The molecule has 0 saturated carbocycles. The zero-order chi connectivity index (χ0) is 21.4. The molecule has 0 aromatic heterocycles. The van der Waals surface area contributed by atoms with E-state index in [-0.39, 0.29) is 5.92 Å². The number of hydrogen-bond acceptors (Lipinski definition) is 4. The normalized spacial score (nSPS) is 11.5. The van der Waals surface area contributed by atoms with Crippen molar-refractivity contribution in [2.75, 3.05) is 17.2 Å². The molecule has 0 aliphatic heterocycles. The van der Waals surface area contributed by atoms with Crippen LogP contribution in [0.15, 0.2) is 48.5 Å². The van der Waals surface area contributed by atoms with Crippen LogP contribution in [0, 0.1) is 19.8 Å². The van der Waals surface area contributed by atoms with Gasteiger partial charge in [-0.05, 0) is 55.2 Å². The average molecular weight is 397 g/mol. The third-order valence-corrected chi connectivity index (χ3v) is 4.38. The highest BCUT2D eigenvalue weighted by atomic mass is 16.5. The standard InChI is InChI=1S/C22H27N3O4/c1-14(2)20(25-22(28)24-17-8-6-5-7-9-17)21(27)29-13-19(26)23-18-11-10-15(3)16(4)12-18/h5-12,14,20H,13H2,1-4H3,(H,23,26)(H2,24,25,28)/t20-/m1/s1. The van der Waals surface area contributed by atoms with Crippen LogP contribution >= 0.6 is 0 Å². The third kappa shape index (κ3) is 6.95. The first-order valence-corrected chi connectivity index (χ1v) is 9.42. The Morgan fingerprint density at radius 2 is 1.59 bits per heavy atom. The molecule has 3 N–H and O–H groups in total. The Morgan fingerprint density at radius 3 is 2.21 bits per heavy atom. The summed E-state index contributed by atoms with van der Waals surface area (Å²) in [5, 5.41) is 7.94. The number of hydrogen-bond donors (Lipinski definition) is 3. The van der Waals surface area contributed by atoms with Gasteiger partial charge < -0.3 is 20.7 Å². The lowest BCUT2D eigenvalue weighted by atomic mass is 10.1. The number of benzene rings is 2. The van der Waals surface area contributed by atoms with Gasteiger partial charge in [0.1, 0.15) is 6.04 Å². The Labute approximate surface area is 170 Å². The molecule has 0 aliphatic rings. The molecule has 0 aliphatic carbocycles. The molecule has 7 nitrogen and oxygen atoms in total. The van der Waals surface area contributed by atoms with E-state index in [0.717, 1.165) is 11.1 Å². The number of carbonyl (C=O) groups excluding carboxylic acids is 3. The number of esters is 1. The van der Waals surface area contributed by atoms with Crippen molar-refractivity contribution >= 4 is 29.3 Å². The monoisotopic (exact) mass is 397 g/mol. The van der Waals surface area contributed by atoms with Crippen LogP contribution in [0.2, 0.25) is 0 Å². The number of anilines is 2. The molecule has 0 fully saturated rings. The second-order valence-electron chi connectivity index (χ2n) is 7.14. The summed E-state index contributed by atoms with van der Waals surface area (Å²) in [6.45, 7) is 7.06. The lowest BCUT2D eigenvalue weighted by molar-refractivity contribution is -0.150. The van der Waals surface area contributed by atoms with Crippen LogP contribution in [0.25, 0.3) is 0 Å². The van der Waals surface area contributed by atoms with Gasteiger partial charge in [0.2, 0.25) is 0 Å². The fourth-order valence-corrected chi connectivity index (χ4v) is 2.57. The lowest BCUT2D eigenvalue weighted by Crippen LogP contribution is -2.47. The van der Waals surface area contributed by atoms with Crippen molar-refractivity contribution in [3.63, 3.8) is 0 Å². The highest BCUT2D eigenvalue weighted by molar-refractivity contribution is 5.95. The molecule has 2 aromatic carbocycles. The molecule has 2 aromatic rings. The maximum Gasteiger partial charge on any atom is 0.329 e. The minimum atomic E-state index is -0.881. The number of ether oxygens (including phenoxy) is 1. The van der Waals surface area contributed by atoms with Crippen molar-refractivity contribution in [3.8, 4) is 0 Å². The van der Waals surface area contributed by atoms with Crippen LogP contribution in [0.4, 0.5) is 16.2 Å². The molecule has 0 saturated heterocycles. The lowest BCUT2D eigenvalue weighted by Gasteiger charge is -2.21. The maximum atomic E-state index is 12.4. The molecule has 1 atom stereocenters. The molecule has 0 unspecified atom stereocenters. The Balaban J connectivity index is 1.87. The number of urea groups is 1. The Hall–Kier alpha value is -3.35. The van der Waals surface area contributed by atoms with Crippen molar-refractivity contribution in [1.82, 2.24) is 5.32 Å². The molecular weight excluding hydrogens is 370 g/mol. The van der Waals surface area contributed by atoms with E-state index in [1.807, 2.05) is 32.0 Å². The van der Waals surface area contributed by atoms with Gasteiger partial charge in [-0.15, -0.1) is 0 Å². The van der Waals surface area contributed by atoms with Crippen molar-refractivity contribution in [2.24, 2.45) is 5.92 Å². The van der Waals surface area contributed by atoms with Gasteiger partial charge in [0, 0.05) is 11.4 Å². The molecule has 3 amide bonds. The van der Waals surface area contributed by atoms with Crippen molar-refractivity contribution in [2.45, 2.75) is 33.7 Å². The van der Waals surface area contributed by atoms with E-state index >= 15 is 0 Å². The van der Waals surface area contributed by atoms with Crippen molar-refractivity contribution in [1.29, 1.82) is 0 Å². The van der Waals surface area contributed by atoms with E-state index in [1.165, 1.54) is 0 Å². The number of rotatable bonds is 7. The Bertz CT molecular complexity index is 866. The molecule has 0 spiro atoms. The molecular formula is C22H27N3O4. The third-order valence-electron chi connectivity index (χ3n) is 4.38. The van der Waals surface area contributed by atoms with E-state index in [4.69, 9.17) is 4.74 Å². The van der Waals surface area contributed by atoms with Gasteiger partial charge in [-0.1, -0.05) is 38.1 Å². The molecule has 0 bridgehead atoms. The van der Waals surface area contributed by atoms with Crippen molar-refractivity contribution < 1.29 is 19.1 Å². The summed E-state index contributed by atoms with van der Waals surface area (Å²) in [5.74, 6) is -1.33. The van der Waals surface area contributed by atoms with Crippen LogP contribution in [-0.4, -0.2) is 30.6 Å². The first-order chi connectivity index (χ1) is 13.8. The summed E-state index contributed by atoms with van der Waals surface area (Å²) in [5.41, 5.74) is 3.41. The van der Waals surface area contributed by atoms with Gasteiger partial charge in [0.05, 0.1) is 0 Å². The van der Waals surface area contributed by atoms with E-state index in [1.54, 1.807) is 44.2 Å². The van der Waals surface area contributed by atoms with Gasteiger partial charge in [-0.25, -0.2) is 9.59 Å². The fourth-order valence-electron chi connectivity index (χ4n) is 2.57. The summed E-state index contributed by atoms with van der Waals surface area (Å²) in [7, 11) is 0. The predicted octanol–water partition coefficient (Wildman–Crippen LogP) is 3.63. The first-order valence-electron chi connectivity index (χ1n) is 9.42. The minimum Gasteiger partial charge on any atom is -0.454 e. The second-order valence-corrected chi connectivity index (χ2v) is 7.14. The van der Waals surface area contributed by atoms with Crippen LogP contribution in [-0.2, 0) is 14.3 Å². The Kier molecular flexibility index (Phi) is 7.77. The molecule has 154 valence electrons. The van der Waals surface area contributed by atoms with E-state index < -0.39 is 30.6 Å². The van der Waals surface area contributed by atoms with Crippen LogP contribution in [0.3, 0.4) is 0 Å². The summed E-state index contributed by atoms with van der Waals surface area (Å²) < 4.78 is 5.11. The Morgan fingerprint density at radius 1 is 0.897 bits per heavy atom. The van der Waals surface area contributed by atoms with Crippen LogP contribution < -0.4 is 16.0 Å². The van der Waals surface area contributed by atoms with E-state index in [0.29, 0.717) is 11.4 Å². The summed E-state index contributed by atoms with van der Waals surface area (Å²) in [6, 6.07) is 13.0.